The number of benzene rings is 1. The van der Waals surface area contributed by atoms with Crippen molar-refractivity contribution < 1.29 is 8.42 Å². The Labute approximate surface area is 132 Å². The molecule has 1 aromatic rings. The SMILES string of the molecule is Cl.NC(CNS(=O)(=O)c1ccc(Br)cc1Cl)C1CC1. The summed E-state index contributed by atoms with van der Waals surface area (Å²) in [4.78, 5) is 0.0790. The summed E-state index contributed by atoms with van der Waals surface area (Å²) in [7, 11) is -3.59. The third kappa shape index (κ3) is 4.58. The van der Waals surface area contributed by atoms with Gasteiger partial charge in [-0.2, -0.15) is 0 Å². The molecular formula is C11H15BrCl2N2O2S. The summed E-state index contributed by atoms with van der Waals surface area (Å²) in [6, 6.07) is 4.55. The molecule has 3 N–H and O–H groups in total. The van der Waals surface area contributed by atoms with Gasteiger partial charge in [0.25, 0.3) is 0 Å². The fourth-order valence-corrected chi connectivity index (χ4v) is 3.78. The summed E-state index contributed by atoms with van der Waals surface area (Å²) in [5.74, 6) is 0.452. The van der Waals surface area contributed by atoms with Crippen LogP contribution in [-0.2, 0) is 10.0 Å². The fraction of sp³-hybridized carbons (Fsp3) is 0.455. The van der Waals surface area contributed by atoms with Gasteiger partial charge in [-0.05, 0) is 37.0 Å². The van der Waals surface area contributed by atoms with E-state index in [1.165, 1.54) is 6.07 Å². The molecule has 0 amide bonds. The summed E-state index contributed by atoms with van der Waals surface area (Å²) < 4.78 is 27.3. The lowest BCUT2D eigenvalue weighted by Gasteiger charge is -2.13. The average Bonchev–Trinajstić information content (AvgIpc) is 3.09. The normalized spacial score (nSPS) is 16.8. The molecule has 0 aliphatic heterocycles. The molecular weight excluding hydrogens is 375 g/mol. The Morgan fingerprint density at radius 2 is 2.11 bits per heavy atom. The maximum Gasteiger partial charge on any atom is 0.242 e. The van der Waals surface area contributed by atoms with E-state index in [0.717, 1.165) is 17.3 Å². The zero-order valence-corrected chi connectivity index (χ0v) is 13.9. The van der Waals surface area contributed by atoms with Gasteiger partial charge in [0, 0.05) is 17.1 Å². The van der Waals surface area contributed by atoms with Gasteiger partial charge in [-0.1, -0.05) is 27.5 Å². The molecule has 1 unspecified atom stereocenters. The highest BCUT2D eigenvalue weighted by molar-refractivity contribution is 9.10. The zero-order valence-electron chi connectivity index (χ0n) is 9.97. The van der Waals surface area contributed by atoms with Crippen molar-refractivity contribution in [1.29, 1.82) is 0 Å². The van der Waals surface area contributed by atoms with Gasteiger partial charge in [0.05, 0.1) is 5.02 Å². The van der Waals surface area contributed by atoms with Gasteiger partial charge in [-0.3, -0.25) is 0 Å². The van der Waals surface area contributed by atoms with Gasteiger partial charge < -0.3 is 5.73 Å². The highest BCUT2D eigenvalue weighted by Gasteiger charge is 2.29. The number of hydrogen-bond donors (Lipinski definition) is 2. The molecule has 1 fully saturated rings. The van der Waals surface area contributed by atoms with E-state index in [2.05, 4.69) is 20.7 Å². The first kappa shape index (κ1) is 17.2. The number of nitrogens with one attached hydrogen (secondary N) is 1. The molecule has 1 atom stereocenters. The van der Waals surface area contributed by atoms with Crippen LogP contribution in [0.1, 0.15) is 12.8 Å². The van der Waals surface area contributed by atoms with Gasteiger partial charge in [-0.15, -0.1) is 12.4 Å². The van der Waals surface area contributed by atoms with Crippen LogP contribution >= 0.6 is 39.9 Å². The Hall–Kier alpha value is 0.150. The fourth-order valence-electron chi connectivity index (χ4n) is 1.67. The van der Waals surface area contributed by atoms with E-state index >= 15 is 0 Å². The van der Waals surface area contributed by atoms with Crippen molar-refractivity contribution in [3.63, 3.8) is 0 Å². The minimum Gasteiger partial charge on any atom is -0.326 e. The highest BCUT2D eigenvalue weighted by atomic mass is 79.9. The van der Waals surface area contributed by atoms with Crippen LogP contribution in [0.3, 0.4) is 0 Å². The van der Waals surface area contributed by atoms with Gasteiger partial charge in [0.15, 0.2) is 0 Å². The van der Waals surface area contributed by atoms with Crippen LogP contribution in [0.4, 0.5) is 0 Å². The molecule has 0 spiro atoms. The minimum absolute atomic E-state index is 0. The van der Waals surface area contributed by atoms with Crippen LogP contribution in [-0.4, -0.2) is 21.0 Å². The van der Waals surface area contributed by atoms with Gasteiger partial charge in [0.2, 0.25) is 10.0 Å². The molecule has 0 saturated heterocycles. The quantitative estimate of drug-likeness (QED) is 0.812. The smallest absolute Gasteiger partial charge is 0.242 e. The molecule has 1 saturated carbocycles. The van der Waals surface area contributed by atoms with Crippen LogP contribution < -0.4 is 10.5 Å². The molecule has 0 radical (unpaired) electrons. The second kappa shape index (κ2) is 6.74. The number of hydrogen-bond acceptors (Lipinski definition) is 3. The topological polar surface area (TPSA) is 72.2 Å². The summed E-state index contributed by atoms with van der Waals surface area (Å²) in [6.07, 6.45) is 2.17. The van der Waals surface area contributed by atoms with Crippen LogP contribution in [0, 0.1) is 5.92 Å². The van der Waals surface area contributed by atoms with Crippen molar-refractivity contribution in [3.8, 4) is 0 Å². The first-order valence-corrected chi connectivity index (χ1v) is 8.26. The van der Waals surface area contributed by atoms with Gasteiger partial charge >= 0.3 is 0 Å². The molecule has 1 aliphatic rings. The molecule has 1 aromatic carbocycles. The lowest BCUT2D eigenvalue weighted by Crippen LogP contribution is -2.38. The summed E-state index contributed by atoms with van der Waals surface area (Å²) in [6.45, 7) is 0.249. The zero-order chi connectivity index (χ0) is 13.3. The van der Waals surface area contributed by atoms with E-state index in [1.807, 2.05) is 0 Å². The second-order valence-corrected chi connectivity index (χ2v) is 7.49. The first-order chi connectivity index (χ1) is 8.40. The molecule has 2 rings (SSSR count). The summed E-state index contributed by atoms with van der Waals surface area (Å²) >= 11 is 9.16. The molecule has 0 heterocycles. The molecule has 19 heavy (non-hydrogen) atoms. The highest BCUT2D eigenvalue weighted by Crippen LogP contribution is 2.31. The first-order valence-electron chi connectivity index (χ1n) is 5.60. The second-order valence-electron chi connectivity index (χ2n) is 4.43. The van der Waals surface area contributed by atoms with E-state index in [9.17, 15) is 8.42 Å². The minimum atomic E-state index is -3.59. The molecule has 1 aliphatic carbocycles. The lowest BCUT2D eigenvalue weighted by molar-refractivity contribution is 0.548. The van der Waals surface area contributed by atoms with Crippen LogP contribution in [0.5, 0.6) is 0 Å². The molecule has 4 nitrogen and oxygen atoms in total. The monoisotopic (exact) mass is 388 g/mol. The number of halogens is 3. The van der Waals surface area contributed by atoms with Gasteiger partial charge in [-0.25, -0.2) is 13.1 Å². The lowest BCUT2D eigenvalue weighted by atomic mass is 10.2. The van der Waals surface area contributed by atoms with Crippen molar-refractivity contribution in [2.24, 2.45) is 11.7 Å². The predicted octanol–water partition coefficient (Wildman–Crippen LogP) is 2.54. The third-order valence-electron chi connectivity index (χ3n) is 2.92. The maximum atomic E-state index is 12.0. The standard InChI is InChI=1S/C11H14BrClN2O2S.ClH/c12-8-3-4-11(9(13)5-8)18(16,17)15-6-10(14)7-1-2-7;/h3-5,7,10,15H,1-2,6,14H2;1H. The van der Waals surface area contributed by atoms with E-state index < -0.39 is 10.0 Å². The van der Waals surface area contributed by atoms with Crippen molar-refractivity contribution in [1.82, 2.24) is 4.72 Å². The molecule has 8 heteroatoms. The molecule has 0 aromatic heterocycles. The van der Waals surface area contributed by atoms with Crippen molar-refractivity contribution in [3.05, 3.63) is 27.7 Å². The number of sulfonamides is 1. The summed E-state index contributed by atoms with van der Waals surface area (Å²) in [5.41, 5.74) is 5.86. The number of rotatable bonds is 5. The Bertz CT molecular complexity index is 550. The largest absolute Gasteiger partial charge is 0.326 e. The Morgan fingerprint density at radius 3 is 2.63 bits per heavy atom. The van der Waals surface area contributed by atoms with Crippen molar-refractivity contribution >= 4 is 50.0 Å². The molecule has 108 valence electrons. The predicted molar refractivity (Wildman–Crippen MR) is 82.3 cm³/mol. The number of nitrogens with two attached hydrogens (primary N) is 1. The Kier molecular flexibility index (Phi) is 6.10. The van der Waals surface area contributed by atoms with Crippen LogP contribution in [0.2, 0.25) is 5.02 Å². The maximum absolute atomic E-state index is 12.0. The Morgan fingerprint density at radius 1 is 1.47 bits per heavy atom. The van der Waals surface area contributed by atoms with E-state index in [0.29, 0.717) is 5.92 Å². The molecule has 0 bridgehead atoms. The van der Waals surface area contributed by atoms with E-state index in [1.54, 1.807) is 12.1 Å². The van der Waals surface area contributed by atoms with Crippen LogP contribution in [0.15, 0.2) is 27.6 Å². The van der Waals surface area contributed by atoms with Crippen molar-refractivity contribution in [2.45, 2.75) is 23.8 Å². The van der Waals surface area contributed by atoms with E-state index in [-0.39, 0.29) is 34.9 Å². The third-order valence-corrected chi connectivity index (χ3v) is 5.32. The van der Waals surface area contributed by atoms with Gasteiger partial charge in [0.1, 0.15) is 4.90 Å². The van der Waals surface area contributed by atoms with Crippen molar-refractivity contribution in [2.75, 3.05) is 6.54 Å². The Balaban J connectivity index is 0.00000180. The summed E-state index contributed by atoms with van der Waals surface area (Å²) in [5, 5.41) is 0.192. The van der Waals surface area contributed by atoms with Crippen LogP contribution in [0.25, 0.3) is 0 Å². The van der Waals surface area contributed by atoms with E-state index in [4.69, 9.17) is 17.3 Å². The average molecular weight is 390 g/mol.